The molecule has 5 aromatic rings. The smallest absolute Gasteiger partial charge is 0.255 e. The molecule has 0 saturated heterocycles. The molecule has 5 nitrogen and oxygen atoms in total. The van der Waals surface area contributed by atoms with Crippen molar-refractivity contribution in [2.75, 3.05) is 10.6 Å². The quantitative estimate of drug-likeness (QED) is 0.400. The summed E-state index contributed by atoms with van der Waals surface area (Å²) in [5, 5.41) is 8.11. The molecule has 3 aromatic carbocycles. The van der Waals surface area contributed by atoms with Crippen molar-refractivity contribution in [3.05, 3.63) is 90.6 Å². The number of hydrogen-bond donors (Lipinski definition) is 2. The molecular formula is C23H16N4OS. The minimum Gasteiger partial charge on any atom is -0.332 e. The van der Waals surface area contributed by atoms with Crippen LogP contribution in [-0.4, -0.2) is 15.9 Å². The summed E-state index contributed by atoms with van der Waals surface area (Å²) in [4.78, 5) is 21.5. The van der Waals surface area contributed by atoms with Gasteiger partial charge in [-0.15, -0.1) is 0 Å². The van der Waals surface area contributed by atoms with Crippen molar-refractivity contribution < 1.29 is 4.79 Å². The molecule has 0 bridgehead atoms. The zero-order chi connectivity index (χ0) is 19.6. The topological polar surface area (TPSA) is 66.9 Å². The van der Waals surface area contributed by atoms with Gasteiger partial charge in [-0.05, 0) is 54.6 Å². The number of carbonyl (C=O) groups is 1. The number of nitrogens with zero attached hydrogens (tertiary/aromatic N) is 2. The molecule has 0 radical (unpaired) electrons. The molecule has 0 unspecified atom stereocenters. The van der Waals surface area contributed by atoms with Crippen LogP contribution in [-0.2, 0) is 0 Å². The van der Waals surface area contributed by atoms with Gasteiger partial charge in [0, 0.05) is 28.5 Å². The number of hydrogen-bond acceptors (Lipinski definition) is 5. The van der Waals surface area contributed by atoms with Crippen LogP contribution < -0.4 is 10.6 Å². The largest absolute Gasteiger partial charge is 0.332 e. The zero-order valence-electron chi connectivity index (χ0n) is 15.3. The number of aromatic nitrogens is 2. The van der Waals surface area contributed by atoms with E-state index < -0.39 is 0 Å². The predicted molar refractivity (Wildman–Crippen MR) is 119 cm³/mol. The maximum atomic E-state index is 12.5. The van der Waals surface area contributed by atoms with Gasteiger partial charge in [-0.2, -0.15) is 0 Å². The van der Waals surface area contributed by atoms with Crippen molar-refractivity contribution in [2.45, 2.75) is 0 Å². The van der Waals surface area contributed by atoms with Gasteiger partial charge < -0.3 is 10.6 Å². The highest BCUT2D eigenvalue weighted by Crippen LogP contribution is 2.30. The second-order valence-corrected chi connectivity index (χ2v) is 7.59. The van der Waals surface area contributed by atoms with Crippen LogP contribution in [0.25, 0.3) is 21.1 Å². The van der Waals surface area contributed by atoms with Gasteiger partial charge in [0.15, 0.2) is 5.13 Å². The van der Waals surface area contributed by atoms with E-state index in [-0.39, 0.29) is 5.91 Å². The second-order valence-electron chi connectivity index (χ2n) is 6.56. The van der Waals surface area contributed by atoms with Gasteiger partial charge in [0.2, 0.25) is 0 Å². The number of thiazole rings is 1. The molecule has 0 aliphatic heterocycles. The summed E-state index contributed by atoms with van der Waals surface area (Å²) >= 11 is 1.52. The average molecular weight is 396 g/mol. The number of carbonyl (C=O) groups excluding carboxylic acids is 1. The number of rotatable bonds is 4. The number of pyridine rings is 1. The molecule has 0 aliphatic carbocycles. The van der Waals surface area contributed by atoms with E-state index >= 15 is 0 Å². The Morgan fingerprint density at radius 2 is 1.69 bits per heavy atom. The monoisotopic (exact) mass is 396 g/mol. The summed E-state index contributed by atoms with van der Waals surface area (Å²) in [6.07, 6.45) is 1.79. The number of anilines is 3. The maximum absolute atomic E-state index is 12.5. The molecule has 0 atom stereocenters. The van der Waals surface area contributed by atoms with Crippen LogP contribution in [0, 0.1) is 0 Å². The molecular weight excluding hydrogens is 380 g/mol. The first-order chi connectivity index (χ1) is 14.2. The lowest BCUT2D eigenvalue weighted by atomic mass is 10.2. The summed E-state index contributed by atoms with van der Waals surface area (Å²) in [6.45, 7) is 0. The first-order valence-electron chi connectivity index (χ1n) is 9.13. The third-order valence-corrected chi connectivity index (χ3v) is 5.47. The van der Waals surface area contributed by atoms with Gasteiger partial charge in [-0.3, -0.25) is 9.78 Å². The molecule has 2 N–H and O–H groups in total. The van der Waals surface area contributed by atoms with E-state index in [9.17, 15) is 4.79 Å². The summed E-state index contributed by atoms with van der Waals surface area (Å²) in [5.74, 6) is -0.136. The van der Waals surface area contributed by atoms with Crippen LogP contribution in [0.1, 0.15) is 10.4 Å². The Morgan fingerprint density at radius 1 is 0.828 bits per heavy atom. The highest BCUT2D eigenvalue weighted by molar-refractivity contribution is 7.22. The molecule has 140 valence electrons. The minimum absolute atomic E-state index is 0.136. The first kappa shape index (κ1) is 17.3. The van der Waals surface area contributed by atoms with Crippen LogP contribution in [0.15, 0.2) is 85.1 Å². The summed E-state index contributed by atoms with van der Waals surface area (Å²) in [7, 11) is 0. The summed E-state index contributed by atoms with van der Waals surface area (Å²) in [5.41, 5.74) is 4.14. The SMILES string of the molecule is O=C(Nc1ccccc1)c1ccc2nc(Nc3ccc4ncccc4c3)sc2c1. The van der Waals surface area contributed by atoms with Gasteiger partial charge in [0.25, 0.3) is 5.91 Å². The third kappa shape index (κ3) is 3.66. The van der Waals surface area contributed by atoms with Gasteiger partial charge in [-0.1, -0.05) is 35.6 Å². The van der Waals surface area contributed by atoms with E-state index in [4.69, 9.17) is 0 Å². The standard InChI is InChI=1S/C23H16N4OS/c28-22(25-17-6-2-1-3-7-17)16-8-10-20-21(14-16)29-23(27-20)26-18-9-11-19-15(13-18)5-4-12-24-19/h1-14H,(H,25,28)(H,26,27). The molecule has 2 aromatic heterocycles. The number of benzene rings is 3. The number of nitrogens with one attached hydrogen (secondary N) is 2. The molecule has 29 heavy (non-hydrogen) atoms. The highest BCUT2D eigenvalue weighted by atomic mass is 32.1. The van der Waals surface area contributed by atoms with Crippen LogP contribution in [0.2, 0.25) is 0 Å². The van der Waals surface area contributed by atoms with E-state index in [1.165, 1.54) is 11.3 Å². The van der Waals surface area contributed by atoms with Crippen LogP contribution in [0.5, 0.6) is 0 Å². The van der Waals surface area contributed by atoms with Crippen LogP contribution in [0.4, 0.5) is 16.5 Å². The Balaban J connectivity index is 1.39. The zero-order valence-corrected chi connectivity index (χ0v) is 16.1. The highest BCUT2D eigenvalue weighted by Gasteiger charge is 2.10. The minimum atomic E-state index is -0.136. The Labute approximate surface area is 171 Å². The van der Waals surface area contributed by atoms with Crippen molar-refractivity contribution in [3.8, 4) is 0 Å². The number of para-hydroxylation sites is 1. The lowest BCUT2D eigenvalue weighted by Gasteiger charge is -2.04. The van der Waals surface area contributed by atoms with Crippen molar-refractivity contribution in [2.24, 2.45) is 0 Å². The fraction of sp³-hybridized carbons (Fsp3) is 0. The Morgan fingerprint density at radius 3 is 2.59 bits per heavy atom. The van der Waals surface area contributed by atoms with Crippen molar-refractivity contribution in [1.82, 2.24) is 9.97 Å². The molecule has 2 heterocycles. The predicted octanol–water partition coefficient (Wildman–Crippen LogP) is 5.84. The van der Waals surface area contributed by atoms with E-state index in [0.29, 0.717) is 5.56 Å². The second kappa shape index (κ2) is 7.33. The van der Waals surface area contributed by atoms with Crippen molar-refractivity contribution in [1.29, 1.82) is 0 Å². The van der Waals surface area contributed by atoms with Gasteiger partial charge in [-0.25, -0.2) is 4.98 Å². The lowest BCUT2D eigenvalue weighted by Crippen LogP contribution is -2.11. The Bertz CT molecular complexity index is 1330. The molecule has 0 spiro atoms. The fourth-order valence-corrected chi connectivity index (χ4v) is 4.05. The number of fused-ring (bicyclic) bond motifs is 2. The molecule has 5 rings (SSSR count). The molecule has 6 heteroatoms. The Hall–Kier alpha value is -3.77. The summed E-state index contributed by atoms with van der Waals surface area (Å²) < 4.78 is 0.954. The average Bonchev–Trinajstić information content (AvgIpc) is 3.15. The van der Waals surface area contributed by atoms with Crippen molar-refractivity contribution in [3.63, 3.8) is 0 Å². The molecule has 0 saturated carbocycles. The van der Waals surface area contributed by atoms with Gasteiger partial charge in [0.05, 0.1) is 15.7 Å². The molecule has 0 aliphatic rings. The van der Waals surface area contributed by atoms with Crippen molar-refractivity contribution >= 4 is 54.9 Å². The molecule has 1 amide bonds. The first-order valence-corrected chi connectivity index (χ1v) is 9.95. The van der Waals surface area contributed by atoms with Crippen LogP contribution in [0.3, 0.4) is 0 Å². The number of amides is 1. The third-order valence-electron chi connectivity index (χ3n) is 4.54. The van der Waals surface area contributed by atoms with Crippen LogP contribution >= 0.6 is 11.3 Å². The van der Waals surface area contributed by atoms with Gasteiger partial charge >= 0.3 is 0 Å². The normalized spacial score (nSPS) is 10.9. The van der Waals surface area contributed by atoms with Gasteiger partial charge in [0.1, 0.15) is 0 Å². The maximum Gasteiger partial charge on any atom is 0.255 e. The Kier molecular flexibility index (Phi) is 4.38. The fourth-order valence-electron chi connectivity index (χ4n) is 3.12. The lowest BCUT2D eigenvalue weighted by molar-refractivity contribution is 0.102. The van der Waals surface area contributed by atoms with E-state index in [2.05, 4.69) is 20.6 Å². The molecule has 0 fully saturated rings. The van der Waals surface area contributed by atoms with E-state index in [1.807, 2.05) is 72.8 Å². The summed E-state index contributed by atoms with van der Waals surface area (Å²) in [6, 6.07) is 25.0. The van der Waals surface area contributed by atoms with E-state index in [1.54, 1.807) is 12.3 Å². The van der Waals surface area contributed by atoms with E-state index in [0.717, 1.165) is 37.6 Å².